The summed E-state index contributed by atoms with van der Waals surface area (Å²) in [6, 6.07) is 9.95. The van der Waals surface area contributed by atoms with Gasteiger partial charge in [0.15, 0.2) is 5.65 Å². The van der Waals surface area contributed by atoms with Crippen LogP contribution < -0.4 is 5.69 Å². The maximum Gasteiger partial charge on any atom is 0.351 e. The lowest BCUT2D eigenvalue weighted by Crippen LogP contribution is -2.32. The zero-order valence-corrected chi connectivity index (χ0v) is 12.2. The fourth-order valence-electron chi connectivity index (χ4n) is 3.18. The molecule has 1 aliphatic heterocycles. The molecule has 1 fully saturated rings. The van der Waals surface area contributed by atoms with Crippen molar-refractivity contribution in [1.29, 1.82) is 0 Å². The van der Waals surface area contributed by atoms with E-state index in [-0.39, 0.29) is 5.69 Å². The van der Waals surface area contributed by atoms with Crippen LogP contribution in [0.25, 0.3) is 5.65 Å². The number of aromatic nitrogens is 4. The highest BCUT2D eigenvalue weighted by atomic mass is 16.2. The van der Waals surface area contributed by atoms with Gasteiger partial charge < -0.3 is 0 Å². The van der Waals surface area contributed by atoms with E-state index in [0.717, 1.165) is 19.4 Å². The average Bonchev–Trinajstić information content (AvgIpc) is 3.15. The molecule has 6 heteroatoms. The van der Waals surface area contributed by atoms with Crippen molar-refractivity contribution in [3.05, 3.63) is 65.0 Å². The Morgan fingerprint density at radius 1 is 1.23 bits per heavy atom. The lowest BCUT2D eigenvalue weighted by Gasteiger charge is -2.23. The molecule has 6 nitrogen and oxygen atoms in total. The first-order valence-corrected chi connectivity index (χ1v) is 7.51. The normalized spacial score (nSPS) is 19.0. The van der Waals surface area contributed by atoms with Gasteiger partial charge in [-0.2, -0.15) is 4.68 Å². The summed E-state index contributed by atoms with van der Waals surface area (Å²) in [4.78, 5) is 18.9. The number of nitrogens with zero attached hydrogens (tertiary/aromatic N) is 5. The van der Waals surface area contributed by atoms with E-state index in [4.69, 9.17) is 0 Å². The van der Waals surface area contributed by atoms with Crippen LogP contribution in [-0.4, -0.2) is 30.6 Å². The monoisotopic (exact) mass is 295 g/mol. The van der Waals surface area contributed by atoms with Crippen LogP contribution in [0.15, 0.2) is 53.7 Å². The molecule has 0 aliphatic carbocycles. The van der Waals surface area contributed by atoms with Crippen LogP contribution in [0.5, 0.6) is 0 Å². The molecule has 1 saturated heterocycles. The quantitative estimate of drug-likeness (QED) is 0.738. The maximum absolute atomic E-state index is 12.4. The molecule has 1 aliphatic rings. The predicted octanol–water partition coefficient (Wildman–Crippen LogP) is 1.69. The first kappa shape index (κ1) is 13.2. The second-order valence-corrected chi connectivity index (χ2v) is 5.61. The lowest BCUT2D eigenvalue weighted by molar-refractivity contribution is 0.188. The summed E-state index contributed by atoms with van der Waals surface area (Å²) in [6.45, 7) is 1.49. The van der Waals surface area contributed by atoms with Crippen molar-refractivity contribution in [2.75, 3.05) is 6.54 Å². The zero-order chi connectivity index (χ0) is 14.9. The van der Waals surface area contributed by atoms with E-state index >= 15 is 0 Å². The van der Waals surface area contributed by atoms with Crippen molar-refractivity contribution in [2.24, 2.45) is 0 Å². The predicted molar refractivity (Wildman–Crippen MR) is 82.4 cm³/mol. The van der Waals surface area contributed by atoms with Crippen molar-refractivity contribution in [2.45, 2.75) is 25.6 Å². The van der Waals surface area contributed by atoms with Gasteiger partial charge in [0, 0.05) is 31.2 Å². The molecular formula is C16H17N5O. The number of hydrogen-bond acceptors (Lipinski definition) is 4. The molecular weight excluding hydrogens is 278 g/mol. The molecule has 4 heterocycles. The molecule has 0 bridgehead atoms. The van der Waals surface area contributed by atoms with Gasteiger partial charge in [0.1, 0.15) is 0 Å². The summed E-state index contributed by atoms with van der Waals surface area (Å²) in [5, 5.41) is 4.41. The number of hydrogen-bond donors (Lipinski definition) is 0. The van der Waals surface area contributed by atoms with Crippen LogP contribution in [0.2, 0.25) is 0 Å². The Kier molecular flexibility index (Phi) is 3.23. The third-order valence-electron chi connectivity index (χ3n) is 4.24. The summed E-state index contributed by atoms with van der Waals surface area (Å²) in [6.07, 6.45) is 7.67. The van der Waals surface area contributed by atoms with Crippen LogP contribution in [0.3, 0.4) is 0 Å². The van der Waals surface area contributed by atoms with Crippen molar-refractivity contribution in [1.82, 2.24) is 24.1 Å². The Morgan fingerprint density at radius 2 is 2.18 bits per heavy atom. The van der Waals surface area contributed by atoms with E-state index in [1.165, 1.54) is 5.56 Å². The number of fused-ring (bicyclic) bond motifs is 1. The second kappa shape index (κ2) is 5.38. The van der Waals surface area contributed by atoms with Gasteiger partial charge in [0.2, 0.25) is 0 Å². The van der Waals surface area contributed by atoms with Crippen molar-refractivity contribution >= 4 is 5.65 Å². The maximum atomic E-state index is 12.4. The van der Waals surface area contributed by atoms with E-state index in [1.807, 2.05) is 30.5 Å². The molecule has 0 unspecified atom stereocenters. The summed E-state index contributed by atoms with van der Waals surface area (Å²) >= 11 is 0. The van der Waals surface area contributed by atoms with E-state index in [9.17, 15) is 4.79 Å². The van der Waals surface area contributed by atoms with Crippen LogP contribution in [0, 0.1) is 0 Å². The average molecular weight is 295 g/mol. The molecule has 0 saturated carbocycles. The molecule has 3 aromatic heterocycles. The lowest BCUT2D eigenvalue weighted by atomic mass is 10.1. The summed E-state index contributed by atoms with van der Waals surface area (Å²) in [5.41, 5.74) is 1.80. The van der Waals surface area contributed by atoms with Gasteiger partial charge in [-0.15, -0.1) is 5.10 Å². The van der Waals surface area contributed by atoms with Gasteiger partial charge >= 0.3 is 5.69 Å². The highest BCUT2D eigenvalue weighted by Crippen LogP contribution is 2.31. The van der Waals surface area contributed by atoms with Crippen LogP contribution >= 0.6 is 0 Å². The Morgan fingerprint density at radius 3 is 3.00 bits per heavy atom. The van der Waals surface area contributed by atoms with Gasteiger partial charge in [-0.05, 0) is 36.6 Å². The summed E-state index contributed by atoms with van der Waals surface area (Å²) in [7, 11) is 0. The van der Waals surface area contributed by atoms with Crippen LogP contribution in [-0.2, 0) is 6.67 Å². The van der Waals surface area contributed by atoms with E-state index in [1.54, 1.807) is 21.5 Å². The Labute approximate surface area is 127 Å². The minimum atomic E-state index is -0.0903. The molecule has 112 valence electrons. The topological polar surface area (TPSA) is 55.4 Å². The Bertz CT molecular complexity index is 838. The number of pyridine rings is 2. The Balaban J connectivity index is 1.64. The van der Waals surface area contributed by atoms with Crippen LogP contribution in [0.1, 0.15) is 24.4 Å². The first-order valence-electron chi connectivity index (χ1n) is 7.51. The van der Waals surface area contributed by atoms with E-state index in [0.29, 0.717) is 18.4 Å². The summed E-state index contributed by atoms with van der Waals surface area (Å²) in [5.74, 6) is 0. The van der Waals surface area contributed by atoms with Gasteiger partial charge in [-0.3, -0.25) is 14.3 Å². The smallest absolute Gasteiger partial charge is 0.277 e. The molecule has 22 heavy (non-hydrogen) atoms. The van der Waals surface area contributed by atoms with Gasteiger partial charge in [-0.1, -0.05) is 12.1 Å². The SMILES string of the molecule is O=c1n(CN2CCC[C@@H]2c2cccnc2)nc2ccccn12. The van der Waals surface area contributed by atoms with Gasteiger partial charge in [0.05, 0.1) is 6.67 Å². The molecule has 0 radical (unpaired) electrons. The van der Waals surface area contributed by atoms with Crippen molar-refractivity contribution in [3.63, 3.8) is 0 Å². The van der Waals surface area contributed by atoms with Crippen molar-refractivity contribution in [3.8, 4) is 0 Å². The van der Waals surface area contributed by atoms with Gasteiger partial charge in [-0.25, -0.2) is 4.79 Å². The van der Waals surface area contributed by atoms with E-state index < -0.39 is 0 Å². The number of likely N-dealkylation sites (tertiary alicyclic amines) is 1. The van der Waals surface area contributed by atoms with Gasteiger partial charge in [0.25, 0.3) is 0 Å². The standard InChI is InChI=1S/C16H17N5O/c22-16-20-10-2-1-7-15(20)18-21(16)12-19-9-4-6-14(19)13-5-3-8-17-11-13/h1-3,5,7-8,10-11,14H,4,6,9,12H2/t14-/m1/s1. The fourth-order valence-corrected chi connectivity index (χ4v) is 3.18. The molecule has 1 atom stereocenters. The van der Waals surface area contributed by atoms with E-state index in [2.05, 4.69) is 21.0 Å². The number of rotatable bonds is 3. The second-order valence-electron chi connectivity index (χ2n) is 5.61. The summed E-state index contributed by atoms with van der Waals surface area (Å²) < 4.78 is 3.12. The largest absolute Gasteiger partial charge is 0.351 e. The van der Waals surface area contributed by atoms with Crippen molar-refractivity contribution < 1.29 is 0 Å². The third-order valence-corrected chi connectivity index (χ3v) is 4.24. The highest BCUT2D eigenvalue weighted by Gasteiger charge is 2.27. The minimum Gasteiger partial charge on any atom is -0.277 e. The zero-order valence-electron chi connectivity index (χ0n) is 12.2. The molecule has 0 N–H and O–H groups in total. The highest BCUT2D eigenvalue weighted by molar-refractivity contribution is 5.35. The molecule has 3 aromatic rings. The molecule has 4 rings (SSSR count). The minimum absolute atomic E-state index is 0.0903. The Hall–Kier alpha value is -2.47. The third kappa shape index (κ3) is 2.21. The molecule has 0 aromatic carbocycles. The fraction of sp³-hybridized carbons (Fsp3) is 0.312. The molecule has 0 amide bonds. The first-order chi connectivity index (χ1) is 10.8. The van der Waals surface area contributed by atoms with Crippen LogP contribution in [0.4, 0.5) is 0 Å². The molecule has 0 spiro atoms.